The van der Waals surface area contributed by atoms with Gasteiger partial charge in [-0.2, -0.15) is 0 Å². The molecule has 4 aliphatic rings. The smallest absolute Gasteiger partial charge is 0.303 e. The molecule has 4 aliphatic carbocycles. The molecule has 0 aliphatic heterocycles. The Morgan fingerprint density at radius 3 is 2.26 bits per heavy atom. The number of Topliss-reactive ketones (excluding diaryl/α,β-unsaturated/α-hetero) is 1. The van der Waals surface area contributed by atoms with Gasteiger partial charge in [0.05, 0.1) is 12.2 Å². The van der Waals surface area contributed by atoms with Gasteiger partial charge >= 0.3 is 5.97 Å². The number of aliphatic hydroxyl groups excluding tert-OH is 2. The molecule has 0 heterocycles. The predicted octanol–water partition coefficient (Wildman–Crippen LogP) is 4.88. The third kappa shape index (κ3) is 4.26. The van der Waals surface area contributed by atoms with Gasteiger partial charge in [-0.15, -0.1) is 0 Å². The number of esters is 1. The summed E-state index contributed by atoms with van der Waals surface area (Å²) in [6.07, 6.45) is 7.67. The highest BCUT2D eigenvalue weighted by molar-refractivity contribution is 5.97. The summed E-state index contributed by atoms with van der Waals surface area (Å²) in [4.78, 5) is 25.3. The van der Waals surface area contributed by atoms with E-state index in [1.54, 1.807) is 6.92 Å². The fraction of sp³-hybridized carbons (Fsp3) is 0.750. The summed E-state index contributed by atoms with van der Waals surface area (Å²) in [7, 11) is 0. The number of aliphatic hydroxyl groups is 2. The second-order valence-electron chi connectivity index (χ2n) is 13.8. The van der Waals surface area contributed by atoms with Crippen molar-refractivity contribution < 1.29 is 24.5 Å². The van der Waals surface area contributed by atoms with Gasteiger partial charge in [0.15, 0.2) is 5.78 Å². The van der Waals surface area contributed by atoms with Gasteiger partial charge in [-0.25, -0.2) is 0 Å². The number of hydrogen-bond acceptors (Lipinski definition) is 6. The van der Waals surface area contributed by atoms with Gasteiger partial charge in [0.25, 0.3) is 0 Å². The molecule has 0 aromatic rings. The summed E-state index contributed by atoms with van der Waals surface area (Å²) in [5.41, 5.74) is 8.52. The average Bonchev–Trinajstić information content (AvgIpc) is 3.06. The SMILES string of the molecule is CC(=O)O[C@H]1C[C@@]2(C)[C@@H](C[C@@H](O)[C@H]3[C@@]4(C)[C@H](N)C[C@@H](O)[C@@H](C)[C@@H]4CC[C@@]32C)/C1=C(\C=C\C=C(C)C)C(C)=O. The second kappa shape index (κ2) is 10.0. The number of rotatable bonds is 4. The van der Waals surface area contributed by atoms with E-state index in [2.05, 4.69) is 27.7 Å². The van der Waals surface area contributed by atoms with E-state index in [-0.39, 0.29) is 57.7 Å². The topological polar surface area (TPSA) is 110 Å². The molecule has 6 nitrogen and oxygen atoms in total. The van der Waals surface area contributed by atoms with E-state index in [1.165, 1.54) is 6.92 Å². The van der Waals surface area contributed by atoms with Crippen LogP contribution >= 0.6 is 0 Å². The molecule has 4 N–H and O–H groups in total. The van der Waals surface area contributed by atoms with Crippen molar-refractivity contribution >= 4 is 11.8 Å². The van der Waals surface area contributed by atoms with Gasteiger partial charge in [-0.1, -0.05) is 51.5 Å². The highest BCUT2D eigenvalue weighted by Crippen LogP contribution is 2.74. The van der Waals surface area contributed by atoms with Gasteiger partial charge in [-0.05, 0) is 98.4 Å². The summed E-state index contributed by atoms with van der Waals surface area (Å²) < 4.78 is 5.95. The van der Waals surface area contributed by atoms with Crippen molar-refractivity contribution in [2.75, 3.05) is 0 Å². The molecule has 0 aromatic heterocycles. The molecule has 0 aromatic carbocycles. The van der Waals surface area contributed by atoms with Crippen molar-refractivity contribution in [3.05, 3.63) is 34.9 Å². The fourth-order valence-electron chi connectivity index (χ4n) is 9.67. The largest absolute Gasteiger partial charge is 0.458 e. The number of ketones is 1. The van der Waals surface area contributed by atoms with Gasteiger partial charge in [0, 0.05) is 18.5 Å². The van der Waals surface area contributed by atoms with Crippen LogP contribution < -0.4 is 5.73 Å². The number of nitrogens with two attached hydrogens (primary N) is 1. The van der Waals surface area contributed by atoms with Gasteiger partial charge in [0.2, 0.25) is 0 Å². The molecule has 0 bridgehead atoms. The lowest BCUT2D eigenvalue weighted by Gasteiger charge is -2.70. The molecule has 11 atom stereocenters. The minimum Gasteiger partial charge on any atom is -0.458 e. The second-order valence-corrected chi connectivity index (χ2v) is 13.8. The number of carbonyl (C=O) groups excluding carboxylic acids is 2. The van der Waals surface area contributed by atoms with Crippen molar-refractivity contribution in [2.45, 2.75) is 112 Å². The Kier molecular flexibility index (Phi) is 7.70. The number of carbonyl (C=O) groups is 2. The average molecular weight is 528 g/mol. The molecular weight excluding hydrogens is 478 g/mol. The van der Waals surface area contributed by atoms with Crippen molar-refractivity contribution in [2.24, 2.45) is 45.7 Å². The van der Waals surface area contributed by atoms with Crippen molar-refractivity contribution in [1.82, 2.24) is 0 Å². The Hall–Kier alpha value is -1.76. The Morgan fingerprint density at radius 2 is 1.68 bits per heavy atom. The zero-order valence-electron chi connectivity index (χ0n) is 24.6. The van der Waals surface area contributed by atoms with Crippen LogP contribution in [0, 0.1) is 39.9 Å². The Balaban J connectivity index is 1.88. The quantitative estimate of drug-likeness (QED) is 0.273. The van der Waals surface area contributed by atoms with Crippen LogP contribution in [0.2, 0.25) is 0 Å². The fourth-order valence-corrected chi connectivity index (χ4v) is 9.67. The molecule has 4 saturated carbocycles. The lowest BCUT2D eigenvalue weighted by atomic mass is 9.35. The maximum absolute atomic E-state index is 13.0. The zero-order chi connectivity index (χ0) is 28.4. The summed E-state index contributed by atoms with van der Waals surface area (Å²) in [5.74, 6) is -0.218. The summed E-state index contributed by atoms with van der Waals surface area (Å²) in [6, 6.07) is -0.210. The number of allylic oxidation sites excluding steroid dienone is 5. The first kappa shape index (κ1) is 29.2. The third-order valence-corrected chi connectivity index (χ3v) is 11.6. The highest BCUT2D eigenvalue weighted by Gasteiger charge is 2.72. The minimum atomic E-state index is -0.611. The van der Waals surface area contributed by atoms with Crippen LogP contribution in [-0.2, 0) is 14.3 Å². The number of fused-ring (bicyclic) bond motifs is 5. The van der Waals surface area contributed by atoms with Crippen LogP contribution in [0.1, 0.15) is 87.5 Å². The molecule has 0 unspecified atom stereocenters. The van der Waals surface area contributed by atoms with E-state index in [9.17, 15) is 19.8 Å². The lowest BCUT2D eigenvalue weighted by Crippen LogP contribution is -2.70. The van der Waals surface area contributed by atoms with E-state index in [1.807, 2.05) is 32.1 Å². The van der Waals surface area contributed by atoms with Gasteiger partial charge < -0.3 is 20.7 Å². The van der Waals surface area contributed by atoms with Crippen molar-refractivity contribution in [1.29, 1.82) is 0 Å². The van der Waals surface area contributed by atoms with Gasteiger partial charge in [-0.3, -0.25) is 9.59 Å². The van der Waals surface area contributed by atoms with Crippen LogP contribution in [0.5, 0.6) is 0 Å². The van der Waals surface area contributed by atoms with Crippen molar-refractivity contribution in [3.63, 3.8) is 0 Å². The normalized spacial score (nSPS) is 47.6. The lowest BCUT2D eigenvalue weighted by molar-refractivity contribution is -0.239. The van der Waals surface area contributed by atoms with E-state index in [4.69, 9.17) is 10.5 Å². The first-order valence-electron chi connectivity index (χ1n) is 14.4. The van der Waals surface area contributed by atoms with Crippen LogP contribution in [-0.4, -0.2) is 46.3 Å². The predicted molar refractivity (Wildman–Crippen MR) is 149 cm³/mol. The Morgan fingerprint density at radius 1 is 1.03 bits per heavy atom. The molecule has 212 valence electrons. The monoisotopic (exact) mass is 527 g/mol. The standard InChI is InChI=1S/C32H49NO5/c1-17(2)10-9-11-21(19(4)34)28-23-14-25(37)29-30(6,31(23,7)16-26(28)38-20(5)35)13-12-22-18(3)24(36)15-27(33)32(22,29)8/h9-11,18,22-27,29,36-37H,12-16,33H2,1-8H3/b11-9+,28-21-/t18-,22-,23-,24+,25+,26-,27+,29+,30-,31-,32+/m0/s1. The van der Waals surface area contributed by atoms with Crippen LogP contribution in [0.15, 0.2) is 34.9 Å². The molecule has 4 rings (SSSR count). The molecule has 6 heteroatoms. The van der Waals surface area contributed by atoms with E-state index < -0.39 is 18.3 Å². The van der Waals surface area contributed by atoms with E-state index in [0.717, 1.165) is 24.0 Å². The zero-order valence-corrected chi connectivity index (χ0v) is 24.6. The highest BCUT2D eigenvalue weighted by atomic mass is 16.5. The maximum Gasteiger partial charge on any atom is 0.303 e. The van der Waals surface area contributed by atoms with Gasteiger partial charge in [0.1, 0.15) is 6.10 Å². The Labute approximate surface area is 228 Å². The van der Waals surface area contributed by atoms with Crippen LogP contribution in [0.4, 0.5) is 0 Å². The minimum absolute atomic E-state index is 0.0562. The molecule has 4 fully saturated rings. The first-order valence-corrected chi connectivity index (χ1v) is 14.4. The van der Waals surface area contributed by atoms with E-state index >= 15 is 0 Å². The van der Waals surface area contributed by atoms with Crippen molar-refractivity contribution in [3.8, 4) is 0 Å². The molecule has 0 amide bonds. The maximum atomic E-state index is 13.0. The first-order chi connectivity index (χ1) is 17.6. The molecular formula is C32H49NO5. The summed E-state index contributed by atoms with van der Waals surface area (Å²) in [6.45, 7) is 16.0. The summed E-state index contributed by atoms with van der Waals surface area (Å²) >= 11 is 0. The summed E-state index contributed by atoms with van der Waals surface area (Å²) in [5, 5.41) is 22.8. The number of ether oxygens (including phenoxy) is 1. The molecule has 0 spiro atoms. The molecule has 0 radical (unpaired) electrons. The van der Waals surface area contributed by atoms with Crippen LogP contribution in [0.25, 0.3) is 0 Å². The molecule has 38 heavy (non-hydrogen) atoms. The van der Waals surface area contributed by atoms with E-state index in [0.29, 0.717) is 24.8 Å². The Bertz CT molecular complexity index is 1070. The van der Waals surface area contributed by atoms with Crippen LogP contribution in [0.3, 0.4) is 0 Å². The molecule has 0 saturated heterocycles. The number of hydrogen-bond donors (Lipinski definition) is 3. The third-order valence-electron chi connectivity index (χ3n) is 11.6.